The highest BCUT2D eigenvalue weighted by Crippen LogP contribution is 2.23. The Hall–Kier alpha value is -1.82. The fraction of sp³-hybridized carbons (Fsp3) is 0.381. The van der Waals surface area contributed by atoms with Crippen LogP contribution in [0.3, 0.4) is 0 Å². The van der Waals surface area contributed by atoms with Gasteiger partial charge in [-0.3, -0.25) is 9.69 Å². The summed E-state index contributed by atoms with van der Waals surface area (Å²) >= 11 is 1.74. The third-order valence-corrected chi connectivity index (χ3v) is 5.79. The molecule has 0 aliphatic carbocycles. The van der Waals surface area contributed by atoms with Crippen molar-refractivity contribution < 1.29 is 4.79 Å². The molecule has 138 valence electrons. The van der Waals surface area contributed by atoms with Gasteiger partial charge in [-0.15, -0.1) is 11.8 Å². The van der Waals surface area contributed by atoms with Crippen LogP contribution in [0.25, 0.3) is 11.1 Å². The first-order valence-corrected chi connectivity index (χ1v) is 10.2. The molecule has 4 nitrogen and oxygen atoms in total. The number of hydrogen-bond acceptors (Lipinski definition) is 4. The van der Waals surface area contributed by atoms with Crippen LogP contribution in [0.15, 0.2) is 53.4 Å². The molecule has 3 rings (SSSR count). The lowest BCUT2D eigenvalue weighted by Gasteiger charge is -2.37. The molecule has 1 fully saturated rings. The second-order valence-electron chi connectivity index (χ2n) is 6.91. The van der Waals surface area contributed by atoms with Gasteiger partial charge >= 0.3 is 0 Å². The van der Waals surface area contributed by atoms with Gasteiger partial charge < -0.3 is 10.2 Å². The normalized spacial score (nSPS) is 18.7. The van der Waals surface area contributed by atoms with Crippen molar-refractivity contribution in [3.05, 3.63) is 54.1 Å². The largest absolute Gasteiger partial charge is 0.350 e. The minimum atomic E-state index is -0.00379. The van der Waals surface area contributed by atoms with E-state index >= 15 is 0 Å². The molecule has 26 heavy (non-hydrogen) atoms. The van der Waals surface area contributed by atoms with E-state index in [1.54, 1.807) is 11.8 Å². The smallest absolute Gasteiger partial charge is 0.251 e. The lowest BCUT2D eigenvalue weighted by atomic mass is 10.0. The van der Waals surface area contributed by atoms with Crippen molar-refractivity contribution in [2.75, 3.05) is 46.5 Å². The van der Waals surface area contributed by atoms with Gasteiger partial charge in [-0.05, 0) is 55.7 Å². The molecule has 1 heterocycles. The summed E-state index contributed by atoms with van der Waals surface area (Å²) in [5.74, 6) is -0.00379. The number of piperazine rings is 1. The zero-order valence-corrected chi connectivity index (χ0v) is 16.6. The average molecular weight is 370 g/mol. The molecule has 2 aromatic carbocycles. The number of carbonyl (C=O) groups is 1. The van der Waals surface area contributed by atoms with Crippen molar-refractivity contribution in [2.24, 2.45) is 0 Å². The first-order valence-electron chi connectivity index (χ1n) is 8.98. The molecule has 0 saturated carbocycles. The van der Waals surface area contributed by atoms with E-state index in [1.807, 2.05) is 24.3 Å². The highest BCUT2D eigenvalue weighted by atomic mass is 32.2. The van der Waals surface area contributed by atoms with E-state index in [-0.39, 0.29) is 5.91 Å². The molecular weight excluding hydrogens is 342 g/mol. The number of rotatable bonds is 5. The van der Waals surface area contributed by atoms with Gasteiger partial charge in [-0.25, -0.2) is 0 Å². The van der Waals surface area contributed by atoms with Gasteiger partial charge in [0.1, 0.15) is 0 Å². The second kappa shape index (κ2) is 8.71. The van der Waals surface area contributed by atoms with Gasteiger partial charge in [0.05, 0.1) is 0 Å². The lowest BCUT2D eigenvalue weighted by molar-refractivity contribution is 0.0881. The maximum absolute atomic E-state index is 12.5. The van der Waals surface area contributed by atoms with Crippen molar-refractivity contribution in [1.82, 2.24) is 15.1 Å². The Morgan fingerprint density at radius 2 is 1.65 bits per heavy atom. The molecule has 0 aromatic heterocycles. The lowest BCUT2D eigenvalue weighted by Crippen LogP contribution is -2.54. The van der Waals surface area contributed by atoms with E-state index in [1.165, 1.54) is 10.5 Å². The number of likely N-dealkylation sites (N-methyl/N-ethyl adjacent to an activating group) is 2. The Bertz CT molecular complexity index is 730. The van der Waals surface area contributed by atoms with E-state index in [2.05, 4.69) is 59.7 Å². The topological polar surface area (TPSA) is 35.6 Å². The Balaban J connectivity index is 1.59. The first kappa shape index (κ1) is 19.0. The number of nitrogens with zero attached hydrogens (tertiary/aromatic N) is 2. The van der Waals surface area contributed by atoms with Crippen LogP contribution in [-0.2, 0) is 0 Å². The molecule has 1 atom stereocenters. The van der Waals surface area contributed by atoms with Gasteiger partial charge in [0.2, 0.25) is 0 Å². The fourth-order valence-corrected chi connectivity index (χ4v) is 3.64. The fourth-order valence-electron chi connectivity index (χ4n) is 3.23. The summed E-state index contributed by atoms with van der Waals surface area (Å²) < 4.78 is 0. The van der Waals surface area contributed by atoms with Gasteiger partial charge in [-0.1, -0.05) is 24.3 Å². The van der Waals surface area contributed by atoms with Crippen molar-refractivity contribution in [1.29, 1.82) is 0 Å². The number of nitrogens with one attached hydrogen (secondary N) is 1. The van der Waals surface area contributed by atoms with E-state index in [4.69, 9.17) is 0 Å². The summed E-state index contributed by atoms with van der Waals surface area (Å²) in [6, 6.07) is 16.7. The first-order chi connectivity index (χ1) is 12.6. The summed E-state index contributed by atoms with van der Waals surface area (Å²) in [5.41, 5.74) is 3.01. The van der Waals surface area contributed by atoms with Crippen molar-refractivity contribution in [3.8, 4) is 11.1 Å². The molecule has 1 N–H and O–H groups in total. The third kappa shape index (κ3) is 4.67. The van der Waals surface area contributed by atoms with Crippen LogP contribution in [-0.4, -0.2) is 68.3 Å². The predicted molar refractivity (Wildman–Crippen MR) is 110 cm³/mol. The molecule has 1 amide bonds. The molecule has 0 unspecified atom stereocenters. The maximum atomic E-state index is 12.5. The Morgan fingerprint density at radius 1 is 1.04 bits per heavy atom. The Morgan fingerprint density at radius 3 is 2.27 bits per heavy atom. The monoisotopic (exact) mass is 369 g/mol. The van der Waals surface area contributed by atoms with E-state index in [9.17, 15) is 4.79 Å². The van der Waals surface area contributed by atoms with Crippen molar-refractivity contribution >= 4 is 17.7 Å². The van der Waals surface area contributed by atoms with E-state index in [0.717, 1.165) is 25.2 Å². The minimum absolute atomic E-state index is 0.00379. The highest BCUT2D eigenvalue weighted by Gasteiger charge is 2.22. The summed E-state index contributed by atoms with van der Waals surface area (Å²) in [5, 5.41) is 3.08. The summed E-state index contributed by atoms with van der Waals surface area (Å²) in [4.78, 5) is 18.3. The van der Waals surface area contributed by atoms with Crippen LogP contribution in [0.4, 0.5) is 0 Å². The SMILES string of the molecule is CSc1ccc(-c2ccc(C(=O)NC[C@H]3CN(C)CCN3C)cc2)cc1. The molecule has 2 aromatic rings. The Kier molecular flexibility index (Phi) is 6.35. The van der Waals surface area contributed by atoms with Crippen LogP contribution in [0.2, 0.25) is 0 Å². The van der Waals surface area contributed by atoms with Crippen LogP contribution >= 0.6 is 11.8 Å². The van der Waals surface area contributed by atoms with Gasteiger partial charge in [0, 0.05) is 42.7 Å². The standard InChI is InChI=1S/C21H27N3OS/c1-23-12-13-24(2)19(15-23)14-22-21(25)18-6-4-16(5-7-18)17-8-10-20(26-3)11-9-17/h4-11,19H,12-15H2,1-3H3,(H,22,25)/t19-/m0/s1. The van der Waals surface area contributed by atoms with E-state index in [0.29, 0.717) is 18.2 Å². The molecule has 1 aliphatic rings. The zero-order chi connectivity index (χ0) is 18.5. The van der Waals surface area contributed by atoms with Crippen molar-refractivity contribution in [2.45, 2.75) is 10.9 Å². The van der Waals surface area contributed by atoms with Crippen LogP contribution < -0.4 is 5.32 Å². The van der Waals surface area contributed by atoms with Gasteiger partial charge in [0.25, 0.3) is 5.91 Å². The molecule has 0 spiro atoms. The molecular formula is C21H27N3OS. The highest BCUT2D eigenvalue weighted by molar-refractivity contribution is 7.98. The number of amides is 1. The molecule has 5 heteroatoms. The third-order valence-electron chi connectivity index (χ3n) is 5.05. The summed E-state index contributed by atoms with van der Waals surface area (Å²) in [7, 11) is 4.26. The number of benzene rings is 2. The van der Waals surface area contributed by atoms with Crippen LogP contribution in [0.5, 0.6) is 0 Å². The number of hydrogen-bond donors (Lipinski definition) is 1. The van der Waals surface area contributed by atoms with Gasteiger partial charge in [0.15, 0.2) is 0 Å². The zero-order valence-electron chi connectivity index (χ0n) is 15.7. The van der Waals surface area contributed by atoms with E-state index < -0.39 is 0 Å². The quantitative estimate of drug-likeness (QED) is 0.822. The molecule has 0 bridgehead atoms. The van der Waals surface area contributed by atoms with Gasteiger partial charge in [-0.2, -0.15) is 0 Å². The summed E-state index contributed by atoms with van der Waals surface area (Å²) in [6.07, 6.45) is 2.07. The van der Waals surface area contributed by atoms with Crippen LogP contribution in [0, 0.1) is 0 Å². The molecule has 1 aliphatic heterocycles. The summed E-state index contributed by atoms with van der Waals surface area (Å²) in [6.45, 7) is 3.79. The molecule has 1 saturated heterocycles. The van der Waals surface area contributed by atoms with Crippen molar-refractivity contribution in [3.63, 3.8) is 0 Å². The predicted octanol–water partition coefficient (Wildman–Crippen LogP) is 3.05. The number of carbonyl (C=O) groups excluding carboxylic acids is 1. The maximum Gasteiger partial charge on any atom is 0.251 e. The van der Waals surface area contributed by atoms with Crippen LogP contribution in [0.1, 0.15) is 10.4 Å². The Labute approximate surface area is 160 Å². The average Bonchev–Trinajstić information content (AvgIpc) is 2.68. The minimum Gasteiger partial charge on any atom is -0.350 e. The number of thioether (sulfide) groups is 1. The second-order valence-corrected chi connectivity index (χ2v) is 7.79. The molecule has 0 radical (unpaired) electrons.